The van der Waals surface area contributed by atoms with Crippen molar-refractivity contribution in [1.29, 1.82) is 0 Å². The molecule has 3 fully saturated rings. The summed E-state index contributed by atoms with van der Waals surface area (Å²) >= 11 is 0. The summed E-state index contributed by atoms with van der Waals surface area (Å²) in [5.41, 5.74) is 0.602. The average Bonchev–Trinajstić information content (AvgIpc) is 3.34. The number of carbonyl (C=O) groups is 1. The molecule has 0 aliphatic carbocycles. The van der Waals surface area contributed by atoms with E-state index in [1.165, 1.54) is 6.42 Å². The quantitative estimate of drug-likeness (QED) is 0.840. The van der Waals surface area contributed by atoms with E-state index in [1.807, 2.05) is 7.05 Å². The molecule has 0 saturated carbocycles. The molecule has 0 aromatic carbocycles. The topological polar surface area (TPSA) is 68.6 Å². The number of fused-ring (bicyclic) bond motifs is 1. The van der Waals surface area contributed by atoms with Gasteiger partial charge in [0.2, 0.25) is 0 Å². The minimum Gasteiger partial charge on any atom is -0.381 e. The number of nitrogens with one attached hydrogen (secondary N) is 1. The van der Waals surface area contributed by atoms with Crippen molar-refractivity contribution in [2.45, 2.75) is 18.9 Å². The van der Waals surface area contributed by atoms with Crippen LogP contribution in [-0.2, 0) is 16.5 Å². The first kappa shape index (κ1) is 17.0. The lowest BCUT2D eigenvalue weighted by Crippen LogP contribution is -2.45. The van der Waals surface area contributed by atoms with Crippen LogP contribution in [0.2, 0.25) is 0 Å². The van der Waals surface area contributed by atoms with Gasteiger partial charge in [0.15, 0.2) is 0 Å². The Morgan fingerprint density at radius 3 is 3.08 bits per heavy atom. The SMILES string of the molecule is Cn1cc(C(=O)NC[C@@H]2OC[C@H]3CN(C[C@@H]4CCOC4)CC[C@H]32)cn1. The molecule has 7 heteroatoms. The zero-order chi connectivity index (χ0) is 17.2. The van der Waals surface area contributed by atoms with Crippen LogP contribution >= 0.6 is 0 Å². The first-order valence-electron chi connectivity index (χ1n) is 9.37. The van der Waals surface area contributed by atoms with Crippen LogP contribution in [-0.4, -0.2) is 72.7 Å². The molecule has 1 aromatic rings. The Bertz CT molecular complexity index is 599. The van der Waals surface area contributed by atoms with Gasteiger partial charge in [-0.05, 0) is 31.2 Å². The zero-order valence-electron chi connectivity index (χ0n) is 14.9. The monoisotopic (exact) mass is 348 g/mol. The van der Waals surface area contributed by atoms with Gasteiger partial charge < -0.3 is 19.7 Å². The highest BCUT2D eigenvalue weighted by Gasteiger charge is 2.41. The summed E-state index contributed by atoms with van der Waals surface area (Å²) in [5.74, 6) is 1.79. The third-order valence-electron chi connectivity index (χ3n) is 5.85. The van der Waals surface area contributed by atoms with Crippen molar-refractivity contribution >= 4 is 5.91 Å². The maximum absolute atomic E-state index is 12.2. The number of ether oxygens (including phenoxy) is 2. The third kappa shape index (κ3) is 3.88. The van der Waals surface area contributed by atoms with Gasteiger partial charge in [-0.15, -0.1) is 0 Å². The van der Waals surface area contributed by atoms with Crippen molar-refractivity contribution in [3.63, 3.8) is 0 Å². The van der Waals surface area contributed by atoms with Crippen molar-refractivity contribution in [2.24, 2.45) is 24.8 Å². The lowest BCUT2D eigenvalue weighted by Gasteiger charge is -2.36. The minimum atomic E-state index is -0.0705. The second kappa shape index (κ2) is 7.43. The van der Waals surface area contributed by atoms with Crippen LogP contribution in [0.1, 0.15) is 23.2 Å². The number of carbonyl (C=O) groups excluding carboxylic acids is 1. The van der Waals surface area contributed by atoms with Crippen molar-refractivity contribution in [3.8, 4) is 0 Å². The third-order valence-corrected chi connectivity index (χ3v) is 5.85. The fraction of sp³-hybridized carbons (Fsp3) is 0.778. The van der Waals surface area contributed by atoms with E-state index in [2.05, 4.69) is 15.3 Å². The summed E-state index contributed by atoms with van der Waals surface area (Å²) in [6.07, 6.45) is 5.83. The van der Waals surface area contributed by atoms with E-state index >= 15 is 0 Å². The van der Waals surface area contributed by atoms with E-state index in [9.17, 15) is 4.79 Å². The largest absolute Gasteiger partial charge is 0.381 e. The molecule has 0 radical (unpaired) electrons. The van der Waals surface area contributed by atoms with Crippen molar-refractivity contribution in [3.05, 3.63) is 18.0 Å². The molecule has 7 nitrogen and oxygen atoms in total. The smallest absolute Gasteiger partial charge is 0.254 e. The predicted octanol–water partition coefficient (Wildman–Crippen LogP) is 0.523. The molecule has 1 amide bonds. The Labute approximate surface area is 148 Å². The number of nitrogens with zero attached hydrogens (tertiary/aromatic N) is 3. The maximum Gasteiger partial charge on any atom is 0.254 e. The fourth-order valence-electron chi connectivity index (χ4n) is 4.46. The minimum absolute atomic E-state index is 0.0705. The van der Waals surface area contributed by atoms with E-state index in [-0.39, 0.29) is 12.0 Å². The summed E-state index contributed by atoms with van der Waals surface area (Å²) in [5, 5.41) is 7.05. The van der Waals surface area contributed by atoms with Gasteiger partial charge in [-0.25, -0.2) is 0 Å². The van der Waals surface area contributed by atoms with Gasteiger partial charge >= 0.3 is 0 Å². The van der Waals surface area contributed by atoms with Crippen LogP contribution in [0.15, 0.2) is 12.4 Å². The van der Waals surface area contributed by atoms with Gasteiger partial charge in [0.1, 0.15) is 0 Å². The summed E-state index contributed by atoms with van der Waals surface area (Å²) in [6.45, 7) is 6.66. The normalized spacial score (nSPS) is 32.7. The predicted molar refractivity (Wildman–Crippen MR) is 92.2 cm³/mol. The van der Waals surface area contributed by atoms with Crippen LogP contribution in [0.25, 0.3) is 0 Å². The molecule has 3 saturated heterocycles. The van der Waals surface area contributed by atoms with Crippen LogP contribution < -0.4 is 5.32 Å². The molecule has 4 atom stereocenters. The van der Waals surface area contributed by atoms with Gasteiger partial charge in [-0.2, -0.15) is 5.10 Å². The number of rotatable bonds is 5. The molecule has 1 N–H and O–H groups in total. The number of likely N-dealkylation sites (tertiary alicyclic amines) is 1. The second-order valence-electron chi connectivity index (χ2n) is 7.69. The number of amides is 1. The zero-order valence-corrected chi connectivity index (χ0v) is 14.9. The highest BCUT2D eigenvalue weighted by atomic mass is 16.5. The Morgan fingerprint density at radius 1 is 1.40 bits per heavy atom. The molecule has 4 rings (SSSR count). The molecule has 1 aromatic heterocycles. The van der Waals surface area contributed by atoms with E-state index < -0.39 is 0 Å². The van der Waals surface area contributed by atoms with Crippen LogP contribution in [0.4, 0.5) is 0 Å². The lowest BCUT2D eigenvalue weighted by molar-refractivity contribution is 0.0735. The second-order valence-corrected chi connectivity index (χ2v) is 7.69. The number of hydrogen-bond donors (Lipinski definition) is 1. The van der Waals surface area contributed by atoms with E-state index in [0.717, 1.165) is 45.9 Å². The first-order valence-corrected chi connectivity index (χ1v) is 9.37. The molecular weight excluding hydrogens is 320 g/mol. The van der Waals surface area contributed by atoms with E-state index in [1.54, 1.807) is 17.1 Å². The summed E-state index contributed by atoms with van der Waals surface area (Å²) in [6, 6.07) is 0. The number of aryl methyl sites for hydroxylation is 1. The van der Waals surface area contributed by atoms with Crippen molar-refractivity contribution in [2.75, 3.05) is 46.0 Å². The van der Waals surface area contributed by atoms with Crippen LogP contribution in [0, 0.1) is 17.8 Å². The highest BCUT2D eigenvalue weighted by molar-refractivity contribution is 5.93. The number of piperidine rings is 1. The van der Waals surface area contributed by atoms with Gasteiger partial charge in [-0.1, -0.05) is 0 Å². The Kier molecular flexibility index (Phi) is 5.05. The van der Waals surface area contributed by atoms with Gasteiger partial charge in [0, 0.05) is 45.4 Å². The Balaban J connectivity index is 1.25. The van der Waals surface area contributed by atoms with Gasteiger partial charge in [0.05, 0.1) is 31.1 Å². The van der Waals surface area contributed by atoms with Crippen molar-refractivity contribution in [1.82, 2.24) is 20.0 Å². The van der Waals surface area contributed by atoms with Crippen LogP contribution in [0.5, 0.6) is 0 Å². The molecule has 0 bridgehead atoms. The summed E-state index contributed by atoms with van der Waals surface area (Å²) in [7, 11) is 1.81. The lowest BCUT2D eigenvalue weighted by atomic mass is 9.84. The molecule has 25 heavy (non-hydrogen) atoms. The first-order chi connectivity index (χ1) is 12.2. The van der Waals surface area contributed by atoms with E-state index in [4.69, 9.17) is 9.47 Å². The maximum atomic E-state index is 12.2. The number of hydrogen-bond acceptors (Lipinski definition) is 5. The molecule has 3 aliphatic heterocycles. The molecule has 3 aliphatic rings. The van der Waals surface area contributed by atoms with E-state index in [0.29, 0.717) is 29.9 Å². The molecule has 0 unspecified atom stereocenters. The highest BCUT2D eigenvalue weighted by Crippen LogP contribution is 2.34. The fourth-order valence-corrected chi connectivity index (χ4v) is 4.46. The molecule has 138 valence electrons. The van der Waals surface area contributed by atoms with Crippen molar-refractivity contribution < 1.29 is 14.3 Å². The van der Waals surface area contributed by atoms with Gasteiger partial charge in [-0.3, -0.25) is 9.48 Å². The summed E-state index contributed by atoms with van der Waals surface area (Å²) < 4.78 is 13.2. The Morgan fingerprint density at radius 2 is 2.32 bits per heavy atom. The molecular formula is C18H28N4O3. The summed E-state index contributed by atoms with van der Waals surface area (Å²) in [4.78, 5) is 14.8. The van der Waals surface area contributed by atoms with Crippen LogP contribution in [0.3, 0.4) is 0 Å². The molecule has 0 spiro atoms. The molecule has 4 heterocycles. The number of aromatic nitrogens is 2. The average molecular weight is 348 g/mol. The Hall–Kier alpha value is -1.44. The standard InChI is InChI=1S/C18H28N4O3/c1-21-9-14(6-20-21)18(23)19-7-17-16-2-4-22(10-15(16)12-25-17)8-13-3-5-24-11-13/h6,9,13,15-17H,2-5,7-8,10-12H2,1H3,(H,19,23)/t13-,15+,16+,17-/m0/s1. The van der Waals surface area contributed by atoms with Gasteiger partial charge in [0.25, 0.3) is 5.91 Å².